The van der Waals surface area contributed by atoms with Gasteiger partial charge in [-0.2, -0.15) is 0 Å². The molecule has 0 bridgehead atoms. The van der Waals surface area contributed by atoms with Gasteiger partial charge in [-0.1, -0.05) is 52.0 Å². The molecule has 0 rings (SSSR count). The molecule has 0 spiro atoms. The zero-order chi connectivity index (χ0) is 17.9. The van der Waals surface area contributed by atoms with Gasteiger partial charge in [-0.3, -0.25) is 0 Å². The van der Waals surface area contributed by atoms with Crippen LogP contribution in [0.2, 0.25) is 0 Å². The summed E-state index contributed by atoms with van der Waals surface area (Å²) in [5.74, 6) is 0.550. The molecule has 134 valence electrons. The van der Waals surface area contributed by atoms with E-state index in [1.54, 1.807) is 6.92 Å². The first-order chi connectivity index (χ1) is 10.7. The Morgan fingerprint density at radius 2 is 1.61 bits per heavy atom. The van der Waals surface area contributed by atoms with E-state index in [0.717, 1.165) is 12.2 Å². The Morgan fingerprint density at radius 1 is 1.09 bits per heavy atom. The molecule has 0 radical (unpaired) electrons. The Bertz CT molecular complexity index is 408. The van der Waals surface area contributed by atoms with E-state index in [0.29, 0.717) is 16.2 Å². The van der Waals surface area contributed by atoms with Crippen LogP contribution < -0.4 is 5.73 Å². The van der Waals surface area contributed by atoms with E-state index in [1.165, 1.54) is 50.3 Å². The van der Waals surface area contributed by atoms with Gasteiger partial charge in [0.15, 0.2) is 0 Å². The number of hydrogen-bond donors (Lipinski definition) is 1. The fourth-order valence-electron chi connectivity index (χ4n) is 2.13. The lowest BCUT2D eigenvalue weighted by Crippen LogP contribution is -2.26. The van der Waals surface area contributed by atoms with Gasteiger partial charge in [-0.05, 0) is 45.4 Å². The number of unbranched alkanes of at least 4 members (excludes halogenated alkanes) is 6. The Morgan fingerprint density at radius 3 is 2.09 bits per heavy atom. The predicted molar refractivity (Wildman–Crippen MR) is 102 cm³/mol. The van der Waals surface area contributed by atoms with Gasteiger partial charge in [0.05, 0.1) is 10.6 Å². The molecule has 0 aliphatic heterocycles. The van der Waals surface area contributed by atoms with E-state index in [1.807, 2.05) is 20.8 Å². The highest BCUT2D eigenvalue weighted by molar-refractivity contribution is 8.03. The first-order valence-corrected chi connectivity index (χ1v) is 9.69. The maximum atomic E-state index is 12.2. The van der Waals surface area contributed by atoms with Crippen molar-refractivity contribution in [3.8, 4) is 0 Å². The van der Waals surface area contributed by atoms with Crippen LogP contribution in [-0.2, 0) is 9.53 Å². The van der Waals surface area contributed by atoms with Gasteiger partial charge in [0.2, 0.25) is 0 Å². The number of nitrogens with two attached hydrogens (primary N) is 1. The summed E-state index contributed by atoms with van der Waals surface area (Å²) in [7, 11) is 0. The molecule has 2 N–H and O–H groups in total. The van der Waals surface area contributed by atoms with E-state index < -0.39 is 5.60 Å². The molecule has 0 amide bonds. The van der Waals surface area contributed by atoms with Crippen LogP contribution in [0.4, 0.5) is 0 Å². The summed E-state index contributed by atoms with van der Waals surface area (Å²) in [5.41, 5.74) is 6.65. The molecule has 0 aromatic carbocycles. The van der Waals surface area contributed by atoms with E-state index in [4.69, 9.17) is 10.5 Å². The highest BCUT2D eigenvalue weighted by Crippen LogP contribution is 2.24. The van der Waals surface area contributed by atoms with Crippen molar-refractivity contribution >= 4 is 17.7 Å². The molecule has 4 heteroatoms. The summed E-state index contributed by atoms with van der Waals surface area (Å²) in [4.78, 5) is 12.2. The van der Waals surface area contributed by atoms with E-state index >= 15 is 0 Å². The van der Waals surface area contributed by atoms with Crippen LogP contribution in [0.5, 0.6) is 0 Å². The summed E-state index contributed by atoms with van der Waals surface area (Å²) in [5, 5.41) is 0.526. The van der Waals surface area contributed by atoms with Crippen LogP contribution >= 0.6 is 11.8 Å². The number of thioether (sulfide) groups is 1. The number of rotatable bonds is 11. The molecule has 0 saturated heterocycles. The minimum atomic E-state index is -0.527. The first kappa shape index (κ1) is 22.1. The van der Waals surface area contributed by atoms with Gasteiger partial charge in [-0.25, -0.2) is 4.79 Å². The third-order valence-corrected chi connectivity index (χ3v) is 4.29. The lowest BCUT2D eigenvalue weighted by atomic mass is 10.1. The SMILES string of the molecule is C=C(C)/C(C(=O)OC(C)(C)C)=C(/N)SCCCCCCCCC. The maximum Gasteiger partial charge on any atom is 0.341 e. The number of ether oxygens (including phenoxy) is 1. The second-order valence-corrected chi connectivity index (χ2v) is 8.13. The Balaban J connectivity index is 4.32. The highest BCUT2D eigenvalue weighted by Gasteiger charge is 2.22. The smallest absolute Gasteiger partial charge is 0.341 e. The number of carbonyl (C=O) groups is 1. The Labute approximate surface area is 147 Å². The third kappa shape index (κ3) is 11.3. The first-order valence-electron chi connectivity index (χ1n) is 8.70. The monoisotopic (exact) mass is 341 g/mol. The standard InChI is InChI=1S/C19H35NO2S/c1-7-8-9-10-11-12-13-14-23-17(20)16(15(2)3)18(21)22-19(4,5)6/h2,7-14,20H2,1,3-6H3/b17-16+. The van der Waals surface area contributed by atoms with Crippen molar-refractivity contribution in [1.29, 1.82) is 0 Å². The Hall–Kier alpha value is -0.900. The molecule has 0 aromatic rings. The van der Waals surface area contributed by atoms with Gasteiger partial charge < -0.3 is 10.5 Å². The fourth-order valence-corrected chi connectivity index (χ4v) is 3.10. The quantitative estimate of drug-likeness (QED) is 0.231. The summed E-state index contributed by atoms with van der Waals surface area (Å²) in [6.07, 6.45) is 8.90. The molecule has 0 unspecified atom stereocenters. The molecular formula is C19H35NO2S. The van der Waals surface area contributed by atoms with Gasteiger partial charge in [0.1, 0.15) is 5.60 Å². The molecule has 0 heterocycles. The molecule has 0 aliphatic carbocycles. The van der Waals surface area contributed by atoms with Crippen LogP contribution in [0, 0.1) is 0 Å². The predicted octanol–water partition coefficient (Wildman–Crippen LogP) is 5.56. The molecule has 0 atom stereocenters. The van der Waals surface area contributed by atoms with Gasteiger partial charge in [0.25, 0.3) is 0 Å². The number of hydrogen-bond acceptors (Lipinski definition) is 4. The van der Waals surface area contributed by atoms with E-state index in [2.05, 4.69) is 13.5 Å². The van der Waals surface area contributed by atoms with Gasteiger partial charge in [-0.15, -0.1) is 11.8 Å². The van der Waals surface area contributed by atoms with Crippen molar-refractivity contribution in [3.05, 3.63) is 22.8 Å². The highest BCUT2D eigenvalue weighted by atomic mass is 32.2. The fraction of sp³-hybridized carbons (Fsp3) is 0.737. The lowest BCUT2D eigenvalue weighted by Gasteiger charge is -2.21. The minimum Gasteiger partial charge on any atom is -0.456 e. The van der Waals surface area contributed by atoms with Crippen molar-refractivity contribution < 1.29 is 9.53 Å². The number of carbonyl (C=O) groups excluding carboxylic acids is 1. The largest absolute Gasteiger partial charge is 0.456 e. The maximum absolute atomic E-state index is 12.2. The molecule has 3 nitrogen and oxygen atoms in total. The topological polar surface area (TPSA) is 52.3 Å². The Kier molecular flexibility index (Phi) is 11.2. The summed E-state index contributed by atoms with van der Waals surface area (Å²) in [6, 6.07) is 0. The molecular weight excluding hydrogens is 306 g/mol. The molecule has 23 heavy (non-hydrogen) atoms. The second-order valence-electron chi connectivity index (χ2n) is 6.99. The van der Waals surface area contributed by atoms with E-state index in [-0.39, 0.29) is 5.97 Å². The zero-order valence-corrected chi connectivity index (χ0v) is 16.5. The molecule has 0 aromatic heterocycles. The normalized spacial score (nSPS) is 12.7. The zero-order valence-electron chi connectivity index (χ0n) is 15.7. The summed E-state index contributed by atoms with van der Waals surface area (Å²) >= 11 is 1.53. The van der Waals surface area contributed by atoms with Crippen LogP contribution in [0.3, 0.4) is 0 Å². The average molecular weight is 342 g/mol. The third-order valence-electron chi connectivity index (χ3n) is 3.28. The second kappa shape index (κ2) is 11.6. The van der Waals surface area contributed by atoms with Crippen molar-refractivity contribution in [1.82, 2.24) is 0 Å². The number of esters is 1. The van der Waals surface area contributed by atoms with Crippen LogP contribution in [-0.4, -0.2) is 17.3 Å². The van der Waals surface area contributed by atoms with E-state index in [9.17, 15) is 4.79 Å². The lowest BCUT2D eigenvalue weighted by molar-refractivity contribution is -0.149. The van der Waals surface area contributed by atoms with Crippen LogP contribution in [0.1, 0.15) is 79.6 Å². The van der Waals surface area contributed by atoms with Gasteiger partial charge >= 0.3 is 5.97 Å². The van der Waals surface area contributed by atoms with Crippen LogP contribution in [0.15, 0.2) is 22.8 Å². The molecule has 0 saturated carbocycles. The summed E-state index contributed by atoms with van der Waals surface area (Å²) < 4.78 is 5.41. The van der Waals surface area contributed by atoms with Gasteiger partial charge in [0, 0.05) is 0 Å². The molecule has 0 fully saturated rings. The van der Waals surface area contributed by atoms with Crippen molar-refractivity contribution in [2.75, 3.05) is 5.75 Å². The van der Waals surface area contributed by atoms with Crippen LogP contribution in [0.25, 0.3) is 0 Å². The molecule has 0 aliphatic rings. The average Bonchev–Trinajstić information content (AvgIpc) is 2.39. The van der Waals surface area contributed by atoms with Crippen molar-refractivity contribution in [2.45, 2.75) is 85.2 Å². The van der Waals surface area contributed by atoms with Crippen molar-refractivity contribution in [3.63, 3.8) is 0 Å². The van der Waals surface area contributed by atoms with Crippen molar-refractivity contribution in [2.24, 2.45) is 5.73 Å². The minimum absolute atomic E-state index is 0.380. The summed E-state index contributed by atoms with van der Waals surface area (Å²) in [6.45, 7) is 13.4.